The molecule has 3 aromatic rings. The topological polar surface area (TPSA) is 61.0 Å². The number of benzene rings is 2. The van der Waals surface area contributed by atoms with E-state index in [0.717, 1.165) is 27.5 Å². The highest BCUT2D eigenvalue weighted by atomic mass is 32.1. The molecule has 2 aromatic carbocycles. The number of nitrogens with two attached hydrogens (primary N) is 1. The van der Waals surface area contributed by atoms with Gasteiger partial charge in [-0.3, -0.25) is 0 Å². The molecular weight excluding hydrogens is 294 g/mol. The number of methoxy groups -OCH3 is 1. The molecule has 2 N–H and O–H groups in total. The number of nitrogens with zero attached hydrogens (tertiary/aromatic N) is 2. The lowest BCUT2D eigenvalue weighted by molar-refractivity contribution is 0.415. The van der Waals surface area contributed by atoms with Crippen LogP contribution in [-0.4, -0.2) is 17.3 Å². The van der Waals surface area contributed by atoms with Crippen molar-refractivity contribution in [3.8, 4) is 5.75 Å². The van der Waals surface area contributed by atoms with Gasteiger partial charge in [0.1, 0.15) is 10.8 Å². The zero-order chi connectivity index (χ0) is 15.4. The predicted molar refractivity (Wildman–Crippen MR) is 90.7 cm³/mol. The van der Waals surface area contributed by atoms with Gasteiger partial charge < -0.3 is 10.5 Å². The first kappa shape index (κ1) is 14.3. The highest BCUT2D eigenvalue weighted by molar-refractivity contribution is 7.16. The molecule has 3 rings (SSSR count). The molecule has 0 spiro atoms. The van der Waals surface area contributed by atoms with Crippen LogP contribution in [0, 0.1) is 0 Å². The molecule has 0 aliphatic heterocycles. The molecule has 22 heavy (non-hydrogen) atoms. The van der Waals surface area contributed by atoms with Gasteiger partial charge in [-0.25, -0.2) is 0 Å². The molecule has 4 nitrogen and oxygen atoms in total. The Morgan fingerprint density at radius 2 is 1.77 bits per heavy atom. The Balaban J connectivity index is 2.06. The van der Waals surface area contributed by atoms with Crippen LogP contribution >= 0.6 is 11.3 Å². The largest absolute Gasteiger partial charge is 0.497 e. The van der Waals surface area contributed by atoms with Crippen molar-refractivity contribution in [3.63, 3.8) is 0 Å². The van der Waals surface area contributed by atoms with Crippen molar-refractivity contribution < 1.29 is 4.74 Å². The van der Waals surface area contributed by atoms with Crippen LogP contribution in [0.5, 0.6) is 5.75 Å². The van der Waals surface area contributed by atoms with Crippen LogP contribution in [0.4, 0.5) is 5.13 Å². The van der Waals surface area contributed by atoms with E-state index in [-0.39, 0.29) is 0 Å². The Kier molecular flexibility index (Phi) is 4.16. The van der Waals surface area contributed by atoms with Crippen LogP contribution in [0.15, 0.2) is 54.6 Å². The van der Waals surface area contributed by atoms with E-state index in [1.165, 1.54) is 11.3 Å². The molecule has 110 valence electrons. The number of ether oxygens (including phenoxy) is 1. The monoisotopic (exact) mass is 309 g/mol. The Morgan fingerprint density at radius 3 is 2.36 bits per heavy atom. The molecule has 0 saturated heterocycles. The average molecular weight is 309 g/mol. The van der Waals surface area contributed by atoms with Crippen molar-refractivity contribution in [3.05, 3.63) is 70.7 Å². The fraction of sp³-hybridized carbons (Fsp3) is 0.0588. The van der Waals surface area contributed by atoms with E-state index in [2.05, 4.69) is 16.3 Å². The Morgan fingerprint density at radius 1 is 1.05 bits per heavy atom. The summed E-state index contributed by atoms with van der Waals surface area (Å²) in [5.74, 6) is 0.832. The normalized spacial score (nSPS) is 11.4. The number of hydrogen-bond acceptors (Lipinski definition) is 5. The highest BCUT2D eigenvalue weighted by Gasteiger charge is 2.10. The maximum absolute atomic E-state index is 5.73. The first-order valence-electron chi connectivity index (χ1n) is 6.77. The second-order valence-electron chi connectivity index (χ2n) is 4.64. The molecule has 0 saturated carbocycles. The van der Waals surface area contributed by atoms with Gasteiger partial charge in [-0.2, -0.15) is 0 Å². The molecule has 1 aromatic heterocycles. The molecule has 0 amide bonds. The summed E-state index contributed by atoms with van der Waals surface area (Å²) in [5, 5.41) is 9.36. The lowest BCUT2D eigenvalue weighted by Crippen LogP contribution is -1.88. The van der Waals surface area contributed by atoms with E-state index >= 15 is 0 Å². The molecule has 0 atom stereocenters. The highest BCUT2D eigenvalue weighted by Crippen LogP contribution is 2.29. The maximum atomic E-state index is 5.73. The van der Waals surface area contributed by atoms with Crippen molar-refractivity contribution in [2.45, 2.75) is 0 Å². The molecule has 0 fully saturated rings. The Hall–Kier alpha value is -2.66. The van der Waals surface area contributed by atoms with Gasteiger partial charge in [0, 0.05) is 5.57 Å². The lowest BCUT2D eigenvalue weighted by Gasteiger charge is -2.05. The number of nitrogen functional groups attached to an aromatic ring is 1. The van der Waals surface area contributed by atoms with Gasteiger partial charge in [-0.15, -0.1) is 10.2 Å². The van der Waals surface area contributed by atoms with Gasteiger partial charge in [0.2, 0.25) is 5.13 Å². The second kappa shape index (κ2) is 6.41. The molecule has 1 heterocycles. The summed E-state index contributed by atoms with van der Waals surface area (Å²) in [6.07, 6.45) is 2.08. The number of aromatic nitrogens is 2. The van der Waals surface area contributed by atoms with Crippen molar-refractivity contribution >= 4 is 28.1 Å². The summed E-state index contributed by atoms with van der Waals surface area (Å²) < 4.78 is 5.19. The number of anilines is 1. The Bertz CT molecular complexity index is 779. The summed E-state index contributed by atoms with van der Waals surface area (Å²) in [4.78, 5) is 0. The smallest absolute Gasteiger partial charge is 0.203 e. The van der Waals surface area contributed by atoms with E-state index < -0.39 is 0 Å². The zero-order valence-corrected chi connectivity index (χ0v) is 12.9. The van der Waals surface area contributed by atoms with Gasteiger partial charge in [0.15, 0.2) is 0 Å². The van der Waals surface area contributed by atoms with Gasteiger partial charge in [-0.1, -0.05) is 53.8 Å². The third-order valence-corrected chi connectivity index (χ3v) is 3.97. The maximum Gasteiger partial charge on any atom is 0.203 e. The minimum absolute atomic E-state index is 0.464. The second-order valence-corrected chi connectivity index (χ2v) is 5.65. The molecule has 0 bridgehead atoms. The summed E-state index contributed by atoms with van der Waals surface area (Å²) >= 11 is 1.38. The third kappa shape index (κ3) is 3.15. The Labute approximate surface area is 132 Å². The van der Waals surface area contributed by atoms with Gasteiger partial charge in [0.05, 0.1) is 7.11 Å². The fourth-order valence-corrected chi connectivity index (χ4v) is 2.74. The van der Waals surface area contributed by atoms with E-state index in [0.29, 0.717) is 5.13 Å². The summed E-state index contributed by atoms with van der Waals surface area (Å²) in [5.41, 5.74) is 8.87. The van der Waals surface area contributed by atoms with Crippen LogP contribution in [-0.2, 0) is 0 Å². The van der Waals surface area contributed by atoms with E-state index in [4.69, 9.17) is 10.5 Å². The predicted octanol–water partition coefficient (Wildman–Crippen LogP) is 3.72. The third-order valence-electron chi connectivity index (χ3n) is 3.18. The molecule has 5 heteroatoms. The standard InChI is InChI=1S/C17H15N3OS/c1-21-14-9-7-12(8-10-14)11-15(13-5-3-2-4-6-13)16-19-20-17(18)22-16/h2-11H,1H3,(H2,18,20)/b15-11+. The quantitative estimate of drug-likeness (QED) is 0.746. The van der Waals surface area contributed by atoms with Gasteiger partial charge in [-0.05, 0) is 29.3 Å². The zero-order valence-electron chi connectivity index (χ0n) is 12.1. The number of rotatable bonds is 4. The van der Waals surface area contributed by atoms with Crippen molar-refractivity contribution in [2.24, 2.45) is 0 Å². The van der Waals surface area contributed by atoms with Gasteiger partial charge >= 0.3 is 0 Å². The van der Waals surface area contributed by atoms with Crippen LogP contribution in [0.25, 0.3) is 11.6 Å². The van der Waals surface area contributed by atoms with Gasteiger partial charge in [0.25, 0.3) is 0 Å². The minimum Gasteiger partial charge on any atom is -0.497 e. The first-order valence-corrected chi connectivity index (χ1v) is 7.58. The molecule has 0 unspecified atom stereocenters. The van der Waals surface area contributed by atoms with E-state index in [1.807, 2.05) is 54.6 Å². The van der Waals surface area contributed by atoms with Crippen molar-refractivity contribution in [2.75, 3.05) is 12.8 Å². The van der Waals surface area contributed by atoms with Crippen molar-refractivity contribution in [1.29, 1.82) is 0 Å². The number of hydrogen-bond donors (Lipinski definition) is 1. The van der Waals surface area contributed by atoms with Crippen molar-refractivity contribution in [1.82, 2.24) is 10.2 Å². The molecule has 0 aliphatic carbocycles. The van der Waals surface area contributed by atoms with Crippen LogP contribution < -0.4 is 10.5 Å². The molecular formula is C17H15N3OS. The SMILES string of the molecule is COc1ccc(/C=C(\c2ccccc2)c2nnc(N)s2)cc1. The minimum atomic E-state index is 0.464. The van der Waals surface area contributed by atoms with Crippen LogP contribution in [0.1, 0.15) is 16.1 Å². The fourth-order valence-electron chi connectivity index (χ4n) is 2.10. The van der Waals surface area contributed by atoms with E-state index in [9.17, 15) is 0 Å². The molecule has 0 aliphatic rings. The van der Waals surface area contributed by atoms with Crippen LogP contribution in [0.2, 0.25) is 0 Å². The summed E-state index contributed by atoms with van der Waals surface area (Å²) in [6, 6.07) is 18.0. The summed E-state index contributed by atoms with van der Waals surface area (Å²) in [6.45, 7) is 0. The lowest BCUT2D eigenvalue weighted by atomic mass is 10.0. The first-order chi connectivity index (χ1) is 10.8. The summed E-state index contributed by atoms with van der Waals surface area (Å²) in [7, 11) is 1.66. The average Bonchev–Trinajstić information content (AvgIpc) is 3.00. The van der Waals surface area contributed by atoms with Crippen LogP contribution in [0.3, 0.4) is 0 Å². The molecule has 0 radical (unpaired) electrons. The van der Waals surface area contributed by atoms with E-state index in [1.54, 1.807) is 7.11 Å².